The summed E-state index contributed by atoms with van der Waals surface area (Å²) in [5, 5.41) is 7.38. The molecule has 0 aliphatic carbocycles. The minimum atomic E-state index is -0.440. The van der Waals surface area contributed by atoms with E-state index in [1.54, 1.807) is 19.1 Å². The lowest BCUT2D eigenvalue weighted by Gasteiger charge is -2.35. The number of amides is 2. The van der Waals surface area contributed by atoms with Crippen molar-refractivity contribution in [3.8, 4) is 22.9 Å². The van der Waals surface area contributed by atoms with Gasteiger partial charge in [-0.25, -0.2) is 4.79 Å². The smallest absolute Gasteiger partial charge is 0.322 e. The Bertz CT molecular complexity index is 1420. The van der Waals surface area contributed by atoms with Crippen LogP contribution in [-0.4, -0.2) is 35.3 Å². The first-order valence-electron chi connectivity index (χ1n) is 11.9. The Balaban J connectivity index is 1.55. The summed E-state index contributed by atoms with van der Waals surface area (Å²) in [4.78, 5) is 19.7. The molecular weight excluding hydrogens is 468 g/mol. The summed E-state index contributed by atoms with van der Waals surface area (Å²) < 4.78 is 16.3. The van der Waals surface area contributed by atoms with Crippen LogP contribution in [0.25, 0.3) is 17.0 Å². The summed E-state index contributed by atoms with van der Waals surface area (Å²) in [5.41, 5.74) is 5.33. The summed E-state index contributed by atoms with van der Waals surface area (Å²) in [6, 6.07) is 22.5. The lowest BCUT2D eigenvalue weighted by Crippen LogP contribution is -2.45. The topological polar surface area (TPSA) is 89.7 Å². The van der Waals surface area contributed by atoms with Crippen molar-refractivity contribution in [2.24, 2.45) is 0 Å². The molecule has 3 aromatic carbocycles. The highest BCUT2D eigenvalue weighted by atomic mass is 16.5. The average Bonchev–Trinajstić information content (AvgIpc) is 3.41. The van der Waals surface area contributed by atoms with Crippen molar-refractivity contribution in [3.63, 3.8) is 0 Å². The molecule has 0 radical (unpaired) electrons. The number of nitrogens with one attached hydrogen (secondary N) is 1. The van der Waals surface area contributed by atoms with Gasteiger partial charge in [0, 0.05) is 11.3 Å². The largest absolute Gasteiger partial charge is 0.497 e. The molecule has 1 N–H and O–H groups in total. The molecule has 0 saturated carbocycles. The van der Waals surface area contributed by atoms with Crippen molar-refractivity contribution >= 4 is 11.6 Å². The number of rotatable bonds is 7. The highest BCUT2D eigenvalue weighted by Crippen LogP contribution is 2.38. The van der Waals surface area contributed by atoms with E-state index < -0.39 is 6.04 Å². The molecule has 4 aromatic rings. The number of urea groups is 1. The molecule has 0 bridgehead atoms. The SMILES string of the molecule is COc1ccc(CN2C(=O)NC(c3ccc(C)cc3)C(c3nc(-c4ccc(OC)cc4)no3)=C2C)cc1. The Hall–Kier alpha value is -4.59. The van der Waals surface area contributed by atoms with Crippen molar-refractivity contribution in [3.05, 3.63) is 101 Å². The zero-order valence-electron chi connectivity index (χ0n) is 21.2. The van der Waals surface area contributed by atoms with Gasteiger partial charge in [-0.05, 0) is 61.4 Å². The summed E-state index contributed by atoms with van der Waals surface area (Å²) >= 11 is 0. The Kier molecular flexibility index (Phi) is 6.64. The van der Waals surface area contributed by atoms with E-state index in [1.807, 2.05) is 86.6 Å². The van der Waals surface area contributed by atoms with Gasteiger partial charge in [-0.1, -0.05) is 47.1 Å². The highest BCUT2D eigenvalue weighted by Gasteiger charge is 2.35. The molecule has 1 aromatic heterocycles. The van der Waals surface area contributed by atoms with Gasteiger partial charge in [0.05, 0.1) is 32.4 Å². The first kappa shape index (κ1) is 24.1. The molecule has 1 aliphatic rings. The number of aromatic nitrogens is 2. The molecule has 188 valence electrons. The van der Waals surface area contributed by atoms with Gasteiger partial charge in [0.25, 0.3) is 5.89 Å². The number of methoxy groups -OCH3 is 2. The molecule has 2 amide bonds. The van der Waals surface area contributed by atoms with Gasteiger partial charge in [0.15, 0.2) is 0 Å². The number of hydrogen-bond donors (Lipinski definition) is 1. The number of ether oxygens (including phenoxy) is 2. The summed E-state index contributed by atoms with van der Waals surface area (Å²) in [6.45, 7) is 4.32. The first-order chi connectivity index (χ1) is 18.0. The van der Waals surface area contributed by atoms with E-state index in [1.165, 1.54) is 0 Å². The predicted octanol–water partition coefficient (Wildman–Crippen LogP) is 5.76. The van der Waals surface area contributed by atoms with Crippen LogP contribution in [0.3, 0.4) is 0 Å². The standard InChI is InChI=1S/C29H28N4O4/c1-18-5-9-21(10-6-18)26-25(28-31-27(32-37-28)22-11-15-24(36-4)16-12-22)19(2)33(29(34)30-26)17-20-7-13-23(35-3)14-8-20/h5-16,26H,17H2,1-4H3,(H,30,34). The van der Waals surface area contributed by atoms with Crippen molar-refractivity contribution in [2.75, 3.05) is 14.2 Å². The molecule has 1 atom stereocenters. The second kappa shape index (κ2) is 10.2. The molecule has 0 spiro atoms. The van der Waals surface area contributed by atoms with Gasteiger partial charge in [0.1, 0.15) is 11.5 Å². The zero-order valence-corrected chi connectivity index (χ0v) is 21.2. The molecule has 1 unspecified atom stereocenters. The third-order valence-electron chi connectivity index (χ3n) is 6.51. The van der Waals surface area contributed by atoms with Gasteiger partial charge in [-0.3, -0.25) is 4.90 Å². The van der Waals surface area contributed by atoms with Crippen molar-refractivity contribution < 1.29 is 18.8 Å². The quantitative estimate of drug-likeness (QED) is 0.350. The lowest BCUT2D eigenvalue weighted by atomic mass is 9.94. The number of benzene rings is 3. The fourth-order valence-electron chi connectivity index (χ4n) is 4.36. The first-order valence-corrected chi connectivity index (χ1v) is 11.9. The van der Waals surface area contributed by atoms with Gasteiger partial charge in [-0.15, -0.1) is 0 Å². The normalized spacial score (nSPS) is 15.5. The number of carbonyl (C=O) groups excluding carboxylic acids is 1. The van der Waals surface area contributed by atoms with E-state index in [2.05, 4.69) is 10.5 Å². The zero-order chi connectivity index (χ0) is 25.9. The predicted molar refractivity (Wildman–Crippen MR) is 140 cm³/mol. The minimum absolute atomic E-state index is 0.197. The van der Waals surface area contributed by atoms with E-state index >= 15 is 0 Å². The summed E-state index contributed by atoms with van der Waals surface area (Å²) in [7, 11) is 3.25. The third-order valence-corrected chi connectivity index (χ3v) is 6.51. The molecule has 1 aliphatic heterocycles. The molecule has 0 fully saturated rings. The maximum absolute atomic E-state index is 13.3. The summed E-state index contributed by atoms with van der Waals surface area (Å²) in [6.07, 6.45) is 0. The van der Waals surface area contributed by atoms with Crippen LogP contribution in [0.1, 0.15) is 35.5 Å². The highest BCUT2D eigenvalue weighted by molar-refractivity contribution is 5.87. The molecule has 8 nitrogen and oxygen atoms in total. The molecule has 8 heteroatoms. The molecule has 5 rings (SSSR count). The number of hydrogen-bond acceptors (Lipinski definition) is 6. The molecule has 37 heavy (non-hydrogen) atoms. The van der Waals surface area contributed by atoms with Crippen LogP contribution in [-0.2, 0) is 6.54 Å². The van der Waals surface area contributed by atoms with E-state index in [9.17, 15) is 4.79 Å². The third kappa shape index (κ3) is 4.91. The van der Waals surface area contributed by atoms with E-state index in [-0.39, 0.29) is 6.03 Å². The Morgan fingerprint density at radius 2 is 1.51 bits per heavy atom. The Morgan fingerprint density at radius 3 is 2.14 bits per heavy atom. The second-order valence-corrected chi connectivity index (χ2v) is 8.88. The molecule has 2 heterocycles. The number of carbonyl (C=O) groups is 1. The van der Waals surface area contributed by atoms with Crippen LogP contribution >= 0.6 is 0 Å². The Morgan fingerprint density at radius 1 is 0.892 bits per heavy atom. The van der Waals surface area contributed by atoms with Crippen LogP contribution in [0.5, 0.6) is 11.5 Å². The van der Waals surface area contributed by atoms with E-state index in [0.29, 0.717) is 18.3 Å². The maximum Gasteiger partial charge on any atom is 0.322 e. The van der Waals surface area contributed by atoms with Crippen LogP contribution in [0, 0.1) is 6.92 Å². The van der Waals surface area contributed by atoms with Crippen LogP contribution in [0.15, 0.2) is 83.0 Å². The monoisotopic (exact) mass is 496 g/mol. The minimum Gasteiger partial charge on any atom is -0.497 e. The van der Waals surface area contributed by atoms with E-state index in [4.69, 9.17) is 19.0 Å². The molecular formula is C29H28N4O4. The number of nitrogens with zero attached hydrogens (tertiary/aromatic N) is 3. The second-order valence-electron chi connectivity index (χ2n) is 8.88. The number of aryl methyl sites for hydroxylation is 1. The fourth-order valence-corrected chi connectivity index (χ4v) is 4.36. The van der Waals surface area contributed by atoms with Crippen molar-refractivity contribution in [2.45, 2.75) is 26.4 Å². The van der Waals surface area contributed by atoms with Gasteiger partial charge in [-0.2, -0.15) is 4.98 Å². The number of allylic oxidation sites excluding steroid dienone is 1. The Labute approximate surface area is 215 Å². The van der Waals surface area contributed by atoms with Crippen LogP contribution < -0.4 is 14.8 Å². The van der Waals surface area contributed by atoms with Gasteiger partial charge >= 0.3 is 6.03 Å². The fraction of sp³-hybridized carbons (Fsp3) is 0.207. The maximum atomic E-state index is 13.3. The average molecular weight is 497 g/mol. The van der Waals surface area contributed by atoms with Gasteiger partial charge in [0.2, 0.25) is 5.82 Å². The van der Waals surface area contributed by atoms with Crippen molar-refractivity contribution in [1.29, 1.82) is 0 Å². The van der Waals surface area contributed by atoms with E-state index in [0.717, 1.165) is 45.0 Å². The van der Waals surface area contributed by atoms with Gasteiger partial charge < -0.3 is 19.3 Å². The van der Waals surface area contributed by atoms with Crippen molar-refractivity contribution in [1.82, 2.24) is 20.4 Å². The lowest BCUT2D eigenvalue weighted by molar-refractivity contribution is 0.203. The summed E-state index contributed by atoms with van der Waals surface area (Å²) in [5.74, 6) is 2.32. The van der Waals surface area contributed by atoms with Crippen LogP contribution in [0.2, 0.25) is 0 Å². The van der Waals surface area contributed by atoms with Crippen LogP contribution in [0.4, 0.5) is 4.79 Å². The molecule has 0 saturated heterocycles.